The number of hydrogen-bond donors (Lipinski definition) is 1. The molecule has 3 saturated heterocycles. The van der Waals surface area contributed by atoms with Crippen molar-refractivity contribution in [2.24, 2.45) is 17.8 Å². The Labute approximate surface area is 272 Å². The molecule has 0 saturated carbocycles. The molecule has 5 heterocycles. The third-order valence-corrected chi connectivity index (χ3v) is 9.37. The third kappa shape index (κ3) is 8.58. The van der Waals surface area contributed by atoms with Gasteiger partial charge in [-0.3, -0.25) is 4.79 Å². The summed E-state index contributed by atoms with van der Waals surface area (Å²) in [5.74, 6) is 3.85. The van der Waals surface area contributed by atoms with Gasteiger partial charge in [-0.05, 0) is 64.2 Å². The predicted molar refractivity (Wildman–Crippen MR) is 174 cm³/mol. The summed E-state index contributed by atoms with van der Waals surface area (Å²) in [6, 6.07) is 0.136. The molecule has 3 aliphatic rings. The maximum atomic E-state index is 12.9. The van der Waals surface area contributed by atoms with Crippen molar-refractivity contribution >= 4 is 24.0 Å². The maximum Gasteiger partial charge on any atom is 0.408 e. The van der Waals surface area contributed by atoms with Crippen molar-refractivity contribution in [3.63, 3.8) is 0 Å². The molecule has 0 unspecified atom stereocenters. The maximum absolute atomic E-state index is 12.9. The minimum absolute atomic E-state index is 0.123. The Kier molecular flexibility index (Phi) is 10.6. The Bertz CT molecular complexity index is 1300. The molecule has 13 heteroatoms. The second kappa shape index (κ2) is 14.4. The van der Waals surface area contributed by atoms with Gasteiger partial charge < -0.3 is 34.0 Å². The number of aromatic nitrogens is 4. The molecule has 3 fully saturated rings. The number of rotatable bonds is 10. The number of piperidine rings is 2. The zero-order valence-corrected chi connectivity index (χ0v) is 28.6. The zero-order chi connectivity index (χ0) is 33.0. The molecular formula is C33H52N8O5. The molecule has 3 aliphatic heterocycles. The van der Waals surface area contributed by atoms with Crippen molar-refractivity contribution in [3.05, 3.63) is 18.2 Å². The topological polar surface area (TPSA) is 139 Å². The van der Waals surface area contributed by atoms with Crippen molar-refractivity contribution in [1.82, 2.24) is 30.3 Å². The van der Waals surface area contributed by atoms with Gasteiger partial charge >= 0.3 is 12.1 Å². The number of hydrogen-bond acceptors (Lipinski definition) is 11. The Morgan fingerprint density at radius 3 is 2.43 bits per heavy atom. The minimum atomic E-state index is -0.615. The SMILES string of the molecule is CC(C)c1noc(N2CCC([C@H](C)CCOc3cnc(N4C[C@H](NC(=O)OC(C)(C)C)[C@H](N5C[C@H](C)CCC5=O)C4)nc3)CC2)n1. The molecule has 2 aromatic rings. The van der Waals surface area contributed by atoms with Gasteiger partial charge in [0, 0.05) is 45.1 Å². The van der Waals surface area contributed by atoms with Gasteiger partial charge in [0.1, 0.15) is 5.60 Å². The van der Waals surface area contributed by atoms with E-state index in [0.29, 0.717) is 68.1 Å². The molecule has 2 amide bonds. The largest absolute Gasteiger partial charge is 0.490 e. The van der Waals surface area contributed by atoms with Gasteiger partial charge in [-0.1, -0.05) is 32.9 Å². The van der Waals surface area contributed by atoms with Crippen LogP contribution in [0, 0.1) is 17.8 Å². The van der Waals surface area contributed by atoms with E-state index in [9.17, 15) is 9.59 Å². The lowest BCUT2D eigenvalue weighted by Crippen LogP contribution is -2.56. The zero-order valence-electron chi connectivity index (χ0n) is 28.6. The number of nitrogens with one attached hydrogen (secondary N) is 1. The monoisotopic (exact) mass is 640 g/mol. The van der Waals surface area contributed by atoms with Crippen molar-refractivity contribution in [2.75, 3.05) is 49.1 Å². The second-order valence-corrected chi connectivity index (χ2v) is 14.7. The smallest absolute Gasteiger partial charge is 0.408 e. The van der Waals surface area contributed by atoms with Gasteiger partial charge in [-0.2, -0.15) is 4.98 Å². The molecule has 46 heavy (non-hydrogen) atoms. The van der Waals surface area contributed by atoms with Crippen LogP contribution in [0.2, 0.25) is 0 Å². The lowest BCUT2D eigenvalue weighted by atomic mass is 9.84. The van der Waals surface area contributed by atoms with Crippen LogP contribution in [0.4, 0.5) is 16.8 Å². The fourth-order valence-corrected chi connectivity index (χ4v) is 6.62. The fraction of sp³-hybridized carbons (Fsp3) is 0.758. The van der Waals surface area contributed by atoms with Crippen LogP contribution in [0.25, 0.3) is 0 Å². The number of alkyl carbamates (subject to hydrolysis) is 1. The van der Waals surface area contributed by atoms with Crippen molar-refractivity contribution in [3.8, 4) is 5.75 Å². The third-order valence-electron chi connectivity index (χ3n) is 9.37. The number of ether oxygens (including phenoxy) is 2. The standard InChI is InChI=1S/C33H52N8O5/c1-21(2)29-37-31(46-38-29)39-13-10-24(11-14-39)23(4)12-15-44-25-16-34-30(35-17-25)40-19-26(36-32(43)45-33(5,6)7)27(20-40)41-18-22(3)8-9-28(41)42/h16-17,21-24,26-27H,8-15,18-20H2,1-7H3,(H,36,43)/t22-,23-,26+,27-/m1/s1. The Morgan fingerprint density at radius 1 is 1.07 bits per heavy atom. The van der Waals surface area contributed by atoms with E-state index in [1.165, 1.54) is 0 Å². The first-order valence-electron chi connectivity index (χ1n) is 16.9. The van der Waals surface area contributed by atoms with Crippen molar-refractivity contribution < 1.29 is 23.6 Å². The van der Waals surface area contributed by atoms with E-state index < -0.39 is 11.7 Å². The van der Waals surface area contributed by atoms with Crippen LogP contribution in [-0.4, -0.2) is 94.0 Å². The van der Waals surface area contributed by atoms with Crippen LogP contribution >= 0.6 is 0 Å². The van der Waals surface area contributed by atoms with Gasteiger partial charge in [0.2, 0.25) is 11.9 Å². The van der Waals surface area contributed by atoms with Gasteiger partial charge in [0.05, 0.1) is 31.1 Å². The predicted octanol–water partition coefficient (Wildman–Crippen LogP) is 4.65. The highest BCUT2D eigenvalue weighted by Gasteiger charge is 2.42. The summed E-state index contributed by atoms with van der Waals surface area (Å²) in [7, 11) is 0. The fourth-order valence-electron chi connectivity index (χ4n) is 6.62. The van der Waals surface area contributed by atoms with Gasteiger partial charge in [-0.15, -0.1) is 0 Å². The average molecular weight is 641 g/mol. The summed E-state index contributed by atoms with van der Waals surface area (Å²) in [4.78, 5) is 45.5. The molecule has 13 nitrogen and oxygen atoms in total. The second-order valence-electron chi connectivity index (χ2n) is 14.7. The number of carbonyl (C=O) groups excluding carboxylic acids is 2. The Balaban J connectivity index is 1.11. The average Bonchev–Trinajstić information content (AvgIpc) is 3.66. The quantitative estimate of drug-likeness (QED) is 0.388. The number of carbonyl (C=O) groups is 2. The lowest BCUT2D eigenvalue weighted by Gasteiger charge is -2.37. The molecule has 0 aliphatic carbocycles. The van der Waals surface area contributed by atoms with Crippen LogP contribution in [0.5, 0.6) is 5.75 Å². The van der Waals surface area contributed by atoms with E-state index in [2.05, 4.69) is 58.0 Å². The highest BCUT2D eigenvalue weighted by atomic mass is 16.6. The molecule has 0 spiro atoms. The molecule has 0 radical (unpaired) electrons. The van der Waals surface area contributed by atoms with Crippen LogP contribution in [0.1, 0.15) is 92.3 Å². The van der Waals surface area contributed by atoms with Crippen LogP contribution < -0.4 is 19.9 Å². The lowest BCUT2D eigenvalue weighted by molar-refractivity contribution is -0.137. The molecule has 254 valence electrons. The van der Waals surface area contributed by atoms with Crippen LogP contribution in [-0.2, 0) is 9.53 Å². The summed E-state index contributed by atoms with van der Waals surface area (Å²) in [6.07, 6.45) is 7.45. The van der Waals surface area contributed by atoms with Crippen LogP contribution in [0.15, 0.2) is 16.9 Å². The summed E-state index contributed by atoms with van der Waals surface area (Å²) in [6.45, 7) is 18.2. The number of anilines is 2. The van der Waals surface area contributed by atoms with E-state index in [1.807, 2.05) is 30.6 Å². The highest BCUT2D eigenvalue weighted by molar-refractivity contribution is 5.78. The van der Waals surface area contributed by atoms with E-state index in [0.717, 1.165) is 44.6 Å². The molecule has 0 aromatic carbocycles. The Morgan fingerprint density at radius 2 is 1.78 bits per heavy atom. The first kappa shape index (κ1) is 33.7. The summed E-state index contributed by atoms with van der Waals surface area (Å²) in [5.41, 5.74) is -0.615. The first-order valence-corrected chi connectivity index (χ1v) is 16.9. The summed E-state index contributed by atoms with van der Waals surface area (Å²) in [5, 5.41) is 7.12. The summed E-state index contributed by atoms with van der Waals surface area (Å²) < 4.78 is 17.1. The normalized spacial score (nSPS) is 23.6. The van der Waals surface area contributed by atoms with E-state index >= 15 is 0 Å². The van der Waals surface area contributed by atoms with E-state index in [4.69, 9.17) is 14.0 Å². The highest BCUT2D eigenvalue weighted by Crippen LogP contribution is 2.30. The molecule has 4 atom stereocenters. The minimum Gasteiger partial charge on any atom is -0.490 e. The molecule has 2 aromatic heterocycles. The van der Waals surface area contributed by atoms with Crippen molar-refractivity contribution in [2.45, 2.75) is 104 Å². The molecular weight excluding hydrogens is 588 g/mol. The van der Waals surface area contributed by atoms with E-state index in [-0.39, 0.29) is 23.9 Å². The van der Waals surface area contributed by atoms with Crippen LogP contribution in [0.3, 0.4) is 0 Å². The van der Waals surface area contributed by atoms with Gasteiger partial charge in [-0.25, -0.2) is 14.8 Å². The number of likely N-dealkylation sites (tertiary alicyclic amines) is 1. The molecule has 0 bridgehead atoms. The first-order chi connectivity index (χ1) is 21.9. The Hall–Kier alpha value is -3.64. The van der Waals surface area contributed by atoms with Crippen molar-refractivity contribution in [1.29, 1.82) is 0 Å². The van der Waals surface area contributed by atoms with E-state index in [1.54, 1.807) is 12.4 Å². The summed E-state index contributed by atoms with van der Waals surface area (Å²) >= 11 is 0. The number of amides is 2. The molecule has 5 rings (SSSR count). The molecule has 1 N–H and O–H groups in total. The van der Waals surface area contributed by atoms with Gasteiger partial charge in [0.15, 0.2) is 11.6 Å². The number of nitrogens with zero attached hydrogens (tertiary/aromatic N) is 7. The van der Waals surface area contributed by atoms with Gasteiger partial charge in [0.25, 0.3) is 0 Å².